The third kappa shape index (κ3) is 5.95. The predicted octanol–water partition coefficient (Wildman–Crippen LogP) is 3.10. The summed E-state index contributed by atoms with van der Waals surface area (Å²) in [5, 5.41) is 0. The Morgan fingerprint density at radius 2 is 1.66 bits per heavy atom. The Morgan fingerprint density at radius 1 is 0.931 bits per heavy atom. The van der Waals surface area contributed by atoms with E-state index in [-0.39, 0.29) is 0 Å². The molecule has 0 amide bonds. The van der Waals surface area contributed by atoms with E-state index in [4.69, 9.17) is 14.2 Å². The molecule has 0 N–H and O–H groups in total. The maximum Gasteiger partial charge on any atom is 0.343 e. The standard InChI is InChI=1S/C23H30N2O4/c1-24-13-15-25(16-14-24)12-4-5-18-6-11-21(22(17-18)28-3)29-23(26)19-7-9-20(27-2)10-8-19/h6-11,17H,4-5,12-16H2,1-3H3. The number of benzene rings is 2. The zero-order valence-corrected chi connectivity index (χ0v) is 17.5. The number of hydrogen-bond acceptors (Lipinski definition) is 6. The maximum atomic E-state index is 12.4. The highest BCUT2D eigenvalue weighted by molar-refractivity contribution is 5.91. The first-order valence-electron chi connectivity index (χ1n) is 10.0. The van der Waals surface area contributed by atoms with Crippen LogP contribution in [0.2, 0.25) is 0 Å². The van der Waals surface area contributed by atoms with Gasteiger partial charge >= 0.3 is 5.97 Å². The van der Waals surface area contributed by atoms with Crippen LogP contribution in [0.25, 0.3) is 0 Å². The molecule has 0 radical (unpaired) electrons. The molecule has 1 saturated heterocycles. The Morgan fingerprint density at radius 3 is 2.31 bits per heavy atom. The maximum absolute atomic E-state index is 12.4. The van der Waals surface area contributed by atoms with Crippen LogP contribution in [0.4, 0.5) is 0 Å². The molecule has 6 nitrogen and oxygen atoms in total. The summed E-state index contributed by atoms with van der Waals surface area (Å²) >= 11 is 0. The number of likely N-dealkylation sites (N-methyl/N-ethyl adjacent to an activating group) is 1. The fraction of sp³-hybridized carbons (Fsp3) is 0.435. The Balaban J connectivity index is 1.55. The van der Waals surface area contributed by atoms with Gasteiger partial charge in [-0.2, -0.15) is 0 Å². The van der Waals surface area contributed by atoms with Crippen molar-refractivity contribution >= 4 is 5.97 Å². The van der Waals surface area contributed by atoms with Crippen LogP contribution in [-0.2, 0) is 6.42 Å². The lowest BCUT2D eigenvalue weighted by Crippen LogP contribution is -2.44. The van der Waals surface area contributed by atoms with Crippen molar-refractivity contribution in [2.24, 2.45) is 0 Å². The monoisotopic (exact) mass is 398 g/mol. The van der Waals surface area contributed by atoms with Gasteiger partial charge in [-0.3, -0.25) is 0 Å². The lowest BCUT2D eigenvalue weighted by Gasteiger charge is -2.32. The lowest BCUT2D eigenvalue weighted by atomic mass is 10.1. The number of carbonyl (C=O) groups excluding carboxylic acids is 1. The van der Waals surface area contributed by atoms with Gasteiger partial charge in [-0.05, 0) is 68.4 Å². The highest BCUT2D eigenvalue weighted by Gasteiger charge is 2.15. The van der Waals surface area contributed by atoms with Crippen LogP contribution in [0, 0.1) is 0 Å². The van der Waals surface area contributed by atoms with Crippen LogP contribution in [0.1, 0.15) is 22.3 Å². The van der Waals surface area contributed by atoms with Gasteiger partial charge in [0.25, 0.3) is 0 Å². The highest BCUT2D eigenvalue weighted by atomic mass is 16.6. The van der Waals surface area contributed by atoms with E-state index in [9.17, 15) is 4.79 Å². The molecular formula is C23H30N2O4. The molecule has 0 unspecified atom stereocenters. The minimum atomic E-state index is -0.422. The van der Waals surface area contributed by atoms with Gasteiger partial charge in [-0.1, -0.05) is 6.07 Å². The van der Waals surface area contributed by atoms with Crippen molar-refractivity contribution in [2.75, 3.05) is 54.0 Å². The summed E-state index contributed by atoms with van der Waals surface area (Å²) in [5.74, 6) is 1.27. The second-order valence-corrected chi connectivity index (χ2v) is 7.35. The fourth-order valence-electron chi connectivity index (χ4n) is 3.42. The third-order valence-corrected chi connectivity index (χ3v) is 5.29. The number of methoxy groups -OCH3 is 2. The van der Waals surface area contributed by atoms with Crippen LogP contribution < -0.4 is 14.2 Å². The number of carbonyl (C=O) groups is 1. The Hall–Kier alpha value is -2.57. The summed E-state index contributed by atoms with van der Waals surface area (Å²) < 4.78 is 16.1. The molecule has 29 heavy (non-hydrogen) atoms. The number of aryl methyl sites for hydroxylation is 1. The molecule has 1 heterocycles. The molecule has 0 aliphatic carbocycles. The smallest absolute Gasteiger partial charge is 0.343 e. The number of piperazine rings is 1. The van der Waals surface area contributed by atoms with Crippen molar-refractivity contribution in [2.45, 2.75) is 12.8 Å². The first-order valence-corrected chi connectivity index (χ1v) is 10.0. The zero-order valence-electron chi connectivity index (χ0n) is 17.5. The molecule has 156 valence electrons. The van der Waals surface area contributed by atoms with Gasteiger partial charge in [0.1, 0.15) is 5.75 Å². The molecular weight excluding hydrogens is 368 g/mol. The SMILES string of the molecule is COc1ccc(C(=O)Oc2ccc(CCCN3CCN(C)CC3)cc2OC)cc1. The molecule has 2 aromatic carbocycles. The van der Waals surface area contributed by atoms with Gasteiger partial charge in [0, 0.05) is 26.2 Å². The van der Waals surface area contributed by atoms with E-state index in [0.29, 0.717) is 22.8 Å². The number of ether oxygens (including phenoxy) is 3. The topological polar surface area (TPSA) is 51.2 Å². The van der Waals surface area contributed by atoms with Crippen molar-refractivity contribution in [3.8, 4) is 17.2 Å². The molecule has 1 aliphatic rings. The lowest BCUT2D eigenvalue weighted by molar-refractivity contribution is 0.0729. The van der Waals surface area contributed by atoms with Gasteiger partial charge in [0.05, 0.1) is 19.8 Å². The Kier molecular flexibility index (Phi) is 7.49. The van der Waals surface area contributed by atoms with Gasteiger partial charge in [-0.15, -0.1) is 0 Å². The molecule has 0 spiro atoms. The summed E-state index contributed by atoms with van der Waals surface area (Å²) in [5.41, 5.74) is 1.64. The minimum Gasteiger partial charge on any atom is -0.497 e. The van der Waals surface area contributed by atoms with E-state index in [2.05, 4.69) is 16.8 Å². The van der Waals surface area contributed by atoms with Crippen LogP contribution in [0.15, 0.2) is 42.5 Å². The van der Waals surface area contributed by atoms with E-state index in [1.165, 1.54) is 5.56 Å². The summed E-state index contributed by atoms with van der Waals surface area (Å²) in [7, 11) is 5.35. The second-order valence-electron chi connectivity index (χ2n) is 7.35. The number of hydrogen-bond donors (Lipinski definition) is 0. The third-order valence-electron chi connectivity index (χ3n) is 5.29. The number of nitrogens with zero attached hydrogens (tertiary/aromatic N) is 2. The van der Waals surface area contributed by atoms with Crippen LogP contribution in [0.3, 0.4) is 0 Å². The van der Waals surface area contributed by atoms with Crippen molar-refractivity contribution in [1.82, 2.24) is 9.80 Å². The normalized spacial score (nSPS) is 15.1. The molecule has 0 aromatic heterocycles. The van der Waals surface area contributed by atoms with Gasteiger partial charge in [-0.25, -0.2) is 4.79 Å². The quantitative estimate of drug-likeness (QED) is 0.503. The molecule has 6 heteroatoms. The zero-order chi connectivity index (χ0) is 20.6. The summed E-state index contributed by atoms with van der Waals surface area (Å²) in [6, 6.07) is 12.6. The molecule has 2 aromatic rings. The molecule has 0 bridgehead atoms. The predicted molar refractivity (Wildman–Crippen MR) is 113 cm³/mol. The summed E-state index contributed by atoms with van der Waals surface area (Å²) in [4.78, 5) is 17.3. The van der Waals surface area contributed by atoms with Crippen LogP contribution >= 0.6 is 0 Å². The molecule has 0 atom stereocenters. The van der Waals surface area contributed by atoms with Gasteiger partial charge in [0.15, 0.2) is 11.5 Å². The number of rotatable bonds is 8. The van der Waals surface area contributed by atoms with E-state index >= 15 is 0 Å². The van der Waals surface area contributed by atoms with E-state index in [0.717, 1.165) is 45.6 Å². The largest absolute Gasteiger partial charge is 0.497 e. The Labute approximate surface area is 173 Å². The van der Waals surface area contributed by atoms with Crippen molar-refractivity contribution in [1.29, 1.82) is 0 Å². The minimum absolute atomic E-state index is 0.422. The van der Waals surface area contributed by atoms with Gasteiger partial charge in [0.2, 0.25) is 0 Å². The first-order chi connectivity index (χ1) is 14.1. The molecule has 3 rings (SSSR count). The first kappa shape index (κ1) is 21.1. The molecule has 1 fully saturated rings. The van der Waals surface area contributed by atoms with E-state index in [1.807, 2.05) is 18.2 Å². The molecule has 0 saturated carbocycles. The van der Waals surface area contributed by atoms with Crippen molar-refractivity contribution < 1.29 is 19.0 Å². The fourth-order valence-corrected chi connectivity index (χ4v) is 3.42. The number of esters is 1. The summed E-state index contributed by atoms with van der Waals surface area (Å²) in [6.07, 6.45) is 2.06. The average molecular weight is 399 g/mol. The second kappa shape index (κ2) is 10.3. The Bertz CT molecular complexity index is 799. The van der Waals surface area contributed by atoms with Gasteiger partial charge < -0.3 is 24.0 Å². The molecule has 1 aliphatic heterocycles. The van der Waals surface area contributed by atoms with Crippen molar-refractivity contribution in [3.63, 3.8) is 0 Å². The van der Waals surface area contributed by atoms with Crippen LogP contribution in [-0.4, -0.2) is 69.8 Å². The van der Waals surface area contributed by atoms with E-state index in [1.54, 1.807) is 38.5 Å². The van der Waals surface area contributed by atoms with Crippen molar-refractivity contribution in [3.05, 3.63) is 53.6 Å². The average Bonchev–Trinajstić information content (AvgIpc) is 2.76. The van der Waals surface area contributed by atoms with E-state index < -0.39 is 5.97 Å². The summed E-state index contributed by atoms with van der Waals surface area (Å²) in [6.45, 7) is 5.66. The van der Waals surface area contributed by atoms with Crippen LogP contribution in [0.5, 0.6) is 17.2 Å². The highest BCUT2D eigenvalue weighted by Crippen LogP contribution is 2.29.